The highest BCUT2D eigenvalue weighted by Gasteiger charge is 2.39. The summed E-state index contributed by atoms with van der Waals surface area (Å²) in [4.78, 5) is 13.1. The molecule has 1 saturated heterocycles. The molecule has 0 bridgehead atoms. The highest BCUT2D eigenvalue weighted by molar-refractivity contribution is 7.91. The van der Waals surface area contributed by atoms with E-state index in [1.807, 2.05) is 18.2 Å². The fourth-order valence-electron chi connectivity index (χ4n) is 4.34. The summed E-state index contributed by atoms with van der Waals surface area (Å²) in [5.41, 5.74) is 2.17. The Hall–Kier alpha value is -3.23. The van der Waals surface area contributed by atoms with Crippen molar-refractivity contribution in [3.8, 4) is 16.9 Å². The topological polar surface area (TPSA) is 81.1 Å². The second-order valence-electron chi connectivity index (χ2n) is 8.81. The molecule has 3 aromatic carbocycles. The van der Waals surface area contributed by atoms with E-state index >= 15 is 0 Å². The SMILES string of the molecule is C[C@@]1(NC(=O)c2ccc3c(-c4ccccc4Cl)nn(-c4ccc(F)cc4)c3c2)CCS(=O)(=O)C1. The van der Waals surface area contributed by atoms with E-state index < -0.39 is 15.4 Å². The molecule has 9 heteroatoms. The lowest BCUT2D eigenvalue weighted by Gasteiger charge is -2.23. The number of nitrogens with zero attached hydrogens (tertiary/aromatic N) is 2. The summed E-state index contributed by atoms with van der Waals surface area (Å²) in [6, 6.07) is 18.4. The lowest BCUT2D eigenvalue weighted by atomic mass is 10.0. The molecule has 1 N–H and O–H groups in total. The zero-order valence-corrected chi connectivity index (χ0v) is 19.8. The quantitative estimate of drug-likeness (QED) is 0.439. The smallest absolute Gasteiger partial charge is 0.251 e. The summed E-state index contributed by atoms with van der Waals surface area (Å²) in [7, 11) is -3.17. The van der Waals surface area contributed by atoms with Crippen molar-refractivity contribution in [2.75, 3.05) is 11.5 Å². The summed E-state index contributed by atoms with van der Waals surface area (Å²) in [5, 5.41) is 8.94. The Morgan fingerprint density at radius 2 is 1.85 bits per heavy atom. The first kappa shape index (κ1) is 22.6. The number of halogens is 2. The van der Waals surface area contributed by atoms with E-state index in [0.29, 0.717) is 33.9 Å². The van der Waals surface area contributed by atoms with Gasteiger partial charge in [0.2, 0.25) is 0 Å². The minimum absolute atomic E-state index is 0.0569. The molecule has 34 heavy (non-hydrogen) atoms. The van der Waals surface area contributed by atoms with E-state index in [1.165, 1.54) is 12.1 Å². The van der Waals surface area contributed by atoms with Crippen LogP contribution < -0.4 is 5.32 Å². The van der Waals surface area contributed by atoms with Crippen LogP contribution in [0.5, 0.6) is 0 Å². The van der Waals surface area contributed by atoms with Crippen molar-refractivity contribution >= 4 is 38.2 Å². The molecule has 2 heterocycles. The number of benzene rings is 3. The van der Waals surface area contributed by atoms with Crippen LogP contribution >= 0.6 is 11.6 Å². The van der Waals surface area contributed by atoms with Gasteiger partial charge >= 0.3 is 0 Å². The highest BCUT2D eigenvalue weighted by atomic mass is 35.5. The molecule has 4 aromatic rings. The molecule has 1 fully saturated rings. The number of carbonyl (C=O) groups excluding carboxylic acids is 1. The fourth-order valence-corrected chi connectivity index (χ4v) is 6.66. The van der Waals surface area contributed by atoms with E-state index in [4.69, 9.17) is 16.7 Å². The lowest BCUT2D eigenvalue weighted by Crippen LogP contribution is -2.46. The molecule has 0 saturated carbocycles. The molecule has 0 aliphatic carbocycles. The predicted molar refractivity (Wildman–Crippen MR) is 131 cm³/mol. The molecule has 1 aliphatic heterocycles. The lowest BCUT2D eigenvalue weighted by molar-refractivity contribution is 0.0915. The molecule has 0 spiro atoms. The van der Waals surface area contributed by atoms with Gasteiger partial charge in [0.05, 0.1) is 33.3 Å². The highest BCUT2D eigenvalue weighted by Crippen LogP contribution is 2.34. The van der Waals surface area contributed by atoms with Crippen LogP contribution in [-0.4, -0.2) is 41.2 Å². The second-order valence-corrected chi connectivity index (χ2v) is 11.4. The van der Waals surface area contributed by atoms with E-state index in [0.717, 1.165) is 10.9 Å². The Labute approximate surface area is 201 Å². The van der Waals surface area contributed by atoms with Gasteiger partial charge in [0.15, 0.2) is 9.84 Å². The second kappa shape index (κ2) is 8.21. The maximum atomic E-state index is 13.6. The molecule has 0 unspecified atom stereocenters. The number of hydrogen-bond donors (Lipinski definition) is 1. The third-order valence-electron chi connectivity index (χ3n) is 6.06. The molecule has 0 radical (unpaired) electrons. The number of fused-ring (bicyclic) bond motifs is 1. The van der Waals surface area contributed by atoms with Gasteiger partial charge in [-0.15, -0.1) is 0 Å². The minimum Gasteiger partial charge on any atom is -0.346 e. The number of rotatable bonds is 4. The van der Waals surface area contributed by atoms with Crippen molar-refractivity contribution in [2.45, 2.75) is 18.9 Å². The molecule has 1 aliphatic rings. The Balaban J connectivity index is 1.62. The molecular formula is C25H21ClFN3O3S. The Bertz CT molecular complexity index is 1530. The normalized spacial score (nSPS) is 19.4. The zero-order valence-electron chi connectivity index (χ0n) is 18.3. The van der Waals surface area contributed by atoms with E-state index in [1.54, 1.807) is 48.0 Å². The van der Waals surface area contributed by atoms with E-state index in [2.05, 4.69) is 5.32 Å². The monoisotopic (exact) mass is 497 g/mol. The van der Waals surface area contributed by atoms with Gasteiger partial charge in [-0.05, 0) is 61.9 Å². The van der Waals surface area contributed by atoms with Gasteiger partial charge in [0.1, 0.15) is 11.5 Å². The molecule has 1 amide bonds. The molecule has 5 rings (SSSR count). The Morgan fingerprint density at radius 3 is 2.53 bits per heavy atom. The van der Waals surface area contributed by atoms with E-state index in [-0.39, 0.29) is 23.2 Å². The first-order valence-corrected chi connectivity index (χ1v) is 12.9. The zero-order chi connectivity index (χ0) is 24.1. The van der Waals surface area contributed by atoms with Gasteiger partial charge in [0, 0.05) is 16.5 Å². The van der Waals surface area contributed by atoms with Crippen molar-refractivity contribution < 1.29 is 17.6 Å². The minimum atomic E-state index is -3.17. The van der Waals surface area contributed by atoms with Gasteiger partial charge in [-0.25, -0.2) is 17.5 Å². The predicted octanol–water partition coefficient (Wildman–Crippen LogP) is 4.79. The first-order chi connectivity index (χ1) is 16.1. The number of nitrogens with one attached hydrogen (secondary N) is 1. The summed E-state index contributed by atoms with van der Waals surface area (Å²) < 4.78 is 39.1. The van der Waals surface area contributed by atoms with Gasteiger partial charge in [-0.2, -0.15) is 5.10 Å². The number of hydrogen-bond acceptors (Lipinski definition) is 4. The summed E-state index contributed by atoms with van der Waals surface area (Å²) >= 11 is 6.44. The first-order valence-electron chi connectivity index (χ1n) is 10.7. The van der Waals surface area contributed by atoms with Crippen molar-refractivity contribution in [1.29, 1.82) is 0 Å². The van der Waals surface area contributed by atoms with Gasteiger partial charge in [-0.3, -0.25) is 4.79 Å². The van der Waals surface area contributed by atoms with Gasteiger partial charge < -0.3 is 5.32 Å². The number of carbonyl (C=O) groups is 1. The van der Waals surface area contributed by atoms with Crippen LogP contribution in [0.4, 0.5) is 4.39 Å². The average Bonchev–Trinajstić information content (AvgIpc) is 3.30. The van der Waals surface area contributed by atoms with Crippen LogP contribution in [0.2, 0.25) is 5.02 Å². The maximum Gasteiger partial charge on any atom is 0.251 e. The van der Waals surface area contributed by atoms with E-state index in [9.17, 15) is 17.6 Å². The number of aromatic nitrogens is 2. The van der Waals surface area contributed by atoms with Crippen molar-refractivity contribution in [3.63, 3.8) is 0 Å². The molecule has 1 atom stereocenters. The molecule has 6 nitrogen and oxygen atoms in total. The summed E-state index contributed by atoms with van der Waals surface area (Å²) in [6.45, 7) is 1.74. The van der Waals surface area contributed by atoms with Crippen LogP contribution in [0.3, 0.4) is 0 Å². The van der Waals surface area contributed by atoms with Crippen molar-refractivity contribution in [1.82, 2.24) is 15.1 Å². The van der Waals surface area contributed by atoms with Crippen LogP contribution in [0, 0.1) is 5.82 Å². The largest absolute Gasteiger partial charge is 0.346 e. The summed E-state index contributed by atoms with van der Waals surface area (Å²) in [5.74, 6) is -0.765. The molecule has 174 valence electrons. The third-order valence-corrected chi connectivity index (χ3v) is 8.29. The fraction of sp³-hybridized carbons (Fsp3) is 0.200. The van der Waals surface area contributed by atoms with Crippen molar-refractivity contribution in [3.05, 3.63) is 83.1 Å². The van der Waals surface area contributed by atoms with Crippen LogP contribution in [0.25, 0.3) is 27.8 Å². The maximum absolute atomic E-state index is 13.6. The molecular weight excluding hydrogens is 477 g/mol. The summed E-state index contributed by atoms with van der Waals surface area (Å²) in [6.07, 6.45) is 0.369. The third kappa shape index (κ3) is 4.19. The standard InChI is InChI=1S/C25H21ClFN3O3S/c1-25(12-13-34(32,33)15-25)28-24(31)16-6-11-20-22(14-16)30(18-9-7-17(27)8-10-18)29-23(20)19-4-2-3-5-21(19)26/h2-11,14H,12-13,15H2,1H3,(H,28,31)/t25-/m1/s1. The Morgan fingerprint density at radius 1 is 1.12 bits per heavy atom. The van der Waals surface area contributed by atoms with Gasteiger partial charge in [0.25, 0.3) is 5.91 Å². The Kier molecular flexibility index (Phi) is 5.45. The van der Waals surface area contributed by atoms with Crippen LogP contribution in [0.15, 0.2) is 66.7 Å². The van der Waals surface area contributed by atoms with Crippen LogP contribution in [-0.2, 0) is 9.84 Å². The van der Waals surface area contributed by atoms with Crippen LogP contribution in [0.1, 0.15) is 23.7 Å². The molecule has 1 aromatic heterocycles. The van der Waals surface area contributed by atoms with Gasteiger partial charge in [-0.1, -0.05) is 29.8 Å². The number of sulfone groups is 1. The number of amides is 1. The average molecular weight is 498 g/mol. The van der Waals surface area contributed by atoms with Crippen molar-refractivity contribution in [2.24, 2.45) is 0 Å².